The summed E-state index contributed by atoms with van der Waals surface area (Å²) in [6, 6.07) is 14.1. The predicted molar refractivity (Wildman–Crippen MR) is 103 cm³/mol. The molecule has 0 radical (unpaired) electrons. The van der Waals surface area contributed by atoms with Crippen molar-refractivity contribution in [1.82, 2.24) is 4.90 Å². The van der Waals surface area contributed by atoms with E-state index in [1.165, 1.54) is 7.11 Å². The number of carbonyl (C=O) groups is 2. The first-order valence-corrected chi connectivity index (χ1v) is 9.19. The van der Waals surface area contributed by atoms with Crippen LogP contribution in [-0.2, 0) is 9.53 Å². The molecule has 2 aromatic carbocycles. The summed E-state index contributed by atoms with van der Waals surface area (Å²) >= 11 is 3.35. The Bertz CT molecular complexity index is 760. The van der Waals surface area contributed by atoms with E-state index in [4.69, 9.17) is 9.47 Å². The topological polar surface area (TPSA) is 55.8 Å². The van der Waals surface area contributed by atoms with Gasteiger partial charge in [-0.3, -0.25) is 4.79 Å². The van der Waals surface area contributed by atoms with Crippen LogP contribution in [0.2, 0.25) is 0 Å². The van der Waals surface area contributed by atoms with Crippen LogP contribution >= 0.6 is 15.9 Å². The molecule has 2 rings (SSSR count). The van der Waals surface area contributed by atoms with E-state index in [1.807, 2.05) is 32.0 Å². The Kier molecular flexibility index (Phi) is 7.21. The van der Waals surface area contributed by atoms with Gasteiger partial charge in [0.1, 0.15) is 5.75 Å². The lowest BCUT2D eigenvalue weighted by Crippen LogP contribution is -2.36. The molecule has 0 aliphatic carbocycles. The second kappa shape index (κ2) is 9.38. The van der Waals surface area contributed by atoms with Crippen LogP contribution in [0.3, 0.4) is 0 Å². The summed E-state index contributed by atoms with van der Waals surface area (Å²) in [6.07, 6.45) is -0.998. The fourth-order valence-electron chi connectivity index (χ4n) is 2.55. The van der Waals surface area contributed by atoms with Gasteiger partial charge in [0.15, 0.2) is 0 Å². The van der Waals surface area contributed by atoms with Crippen molar-refractivity contribution in [3.63, 3.8) is 0 Å². The van der Waals surface area contributed by atoms with Crippen molar-refractivity contribution in [1.29, 1.82) is 0 Å². The van der Waals surface area contributed by atoms with Gasteiger partial charge in [0, 0.05) is 23.1 Å². The number of likely N-dealkylation sites (N-methyl/N-ethyl adjacent to an activating group) is 1. The molecule has 0 saturated carbocycles. The highest BCUT2D eigenvalue weighted by atomic mass is 79.9. The third-order valence-corrected chi connectivity index (χ3v) is 4.71. The second-order valence-corrected chi connectivity index (χ2v) is 6.41. The molecule has 0 fully saturated rings. The number of rotatable bonds is 7. The van der Waals surface area contributed by atoms with Gasteiger partial charge in [0.2, 0.25) is 6.10 Å². The van der Waals surface area contributed by atoms with E-state index in [1.54, 1.807) is 35.2 Å². The lowest BCUT2D eigenvalue weighted by Gasteiger charge is -2.25. The van der Waals surface area contributed by atoms with Gasteiger partial charge >= 0.3 is 5.97 Å². The van der Waals surface area contributed by atoms with Crippen molar-refractivity contribution in [2.75, 3.05) is 20.2 Å². The molecule has 138 valence electrons. The number of amides is 1. The highest BCUT2D eigenvalue weighted by Crippen LogP contribution is 2.27. The number of ether oxygens (including phenoxy) is 2. The number of nitrogens with zero attached hydrogens (tertiary/aromatic N) is 1. The Morgan fingerprint density at radius 2 is 1.73 bits per heavy atom. The molecule has 0 aliphatic heterocycles. The Morgan fingerprint density at radius 1 is 1.08 bits per heavy atom. The first kappa shape index (κ1) is 20.0. The van der Waals surface area contributed by atoms with Gasteiger partial charge in [0.25, 0.3) is 5.91 Å². The molecule has 0 heterocycles. The standard InChI is InChI=1S/C20H22BrNO4/c1-4-22(5-2)19(23)18(14-9-7-6-8-10-14)26-20(24)16-13-15(25-3)11-12-17(16)21/h6-13,18H,4-5H2,1-3H3/t18-/m1/s1. The molecule has 0 saturated heterocycles. The molecule has 0 unspecified atom stereocenters. The minimum atomic E-state index is -0.998. The lowest BCUT2D eigenvalue weighted by atomic mass is 10.1. The molecule has 1 atom stereocenters. The van der Waals surface area contributed by atoms with E-state index in [0.717, 1.165) is 0 Å². The third-order valence-electron chi connectivity index (χ3n) is 4.02. The number of esters is 1. The summed E-state index contributed by atoms with van der Waals surface area (Å²) in [7, 11) is 1.52. The van der Waals surface area contributed by atoms with Gasteiger partial charge in [-0.1, -0.05) is 30.3 Å². The lowest BCUT2D eigenvalue weighted by molar-refractivity contribution is -0.140. The van der Waals surface area contributed by atoms with Crippen LogP contribution in [-0.4, -0.2) is 37.0 Å². The number of hydrogen-bond donors (Lipinski definition) is 0. The minimum Gasteiger partial charge on any atom is -0.497 e. The van der Waals surface area contributed by atoms with Gasteiger partial charge in [-0.05, 0) is 48.0 Å². The van der Waals surface area contributed by atoms with Crippen LogP contribution in [0, 0.1) is 0 Å². The number of halogens is 1. The Hall–Kier alpha value is -2.34. The Balaban J connectivity index is 2.35. The zero-order chi connectivity index (χ0) is 19.1. The summed E-state index contributed by atoms with van der Waals surface area (Å²) in [5.74, 6) is -0.301. The van der Waals surface area contributed by atoms with Crippen LogP contribution in [0.5, 0.6) is 5.75 Å². The molecular weight excluding hydrogens is 398 g/mol. The molecule has 6 heteroatoms. The number of methoxy groups -OCH3 is 1. The van der Waals surface area contributed by atoms with Gasteiger partial charge in [-0.25, -0.2) is 4.79 Å². The summed E-state index contributed by atoms with van der Waals surface area (Å²) in [4.78, 5) is 27.3. The van der Waals surface area contributed by atoms with E-state index < -0.39 is 12.1 Å². The van der Waals surface area contributed by atoms with Crippen molar-refractivity contribution in [2.24, 2.45) is 0 Å². The van der Waals surface area contributed by atoms with E-state index >= 15 is 0 Å². The molecule has 1 amide bonds. The van der Waals surface area contributed by atoms with E-state index in [2.05, 4.69) is 15.9 Å². The molecule has 0 aromatic heterocycles. The van der Waals surface area contributed by atoms with E-state index in [0.29, 0.717) is 34.4 Å². The van der Waals surface area contributed by atoms with Crippen LogP contribution < -0.4 is 4.74 Å². The average Bonchev–Trinajstić information content (AvgIpc) is 2.67. The molecule has 2 aromatic rings. The van der Waals surface area contributed by atoms with Crippen LogP contribution in [0.25, 0.3) is 0 Å². The van der Waals surface area contributed by atoms with Crippen molar-refractivity contribution in [2.45, 2.75) is 20.0 Å². The van der Waals surface area contributed by atoms with Crippen LogP contribution in [0.1, 0.15) is 35.9 Å². The van der Waals surface area contributed by atoms with Crippen molar-refractivity contribution in [3.05, 3.63) is 64.1 Å². The summed E-state index contributed by atoms with van der Waals surface area (Å²) in [6.45, 7) is 4.87. The van der Waals surface area contributed by atoms with Crippen molar-refractivity contribution >= 4 is 27.8 Å². The van der Waals surface area contributed by atoms with Crippen LogP contribution in [0.15, 0.2) is 53.0 Å². The fourth-order valence-corrected chi connectivity index (χ4v) is 2.96. The summed E-state index contributed by atoms with van der Waals surface area (Å²) in [5, 5.41) is 0. The van der Waals surface area contributed by atoms with Crippen molar-refractivity contribution < 1.29 is 19.1 Å². The minimum absolute atomic E-state index is 0.242. The highest BCUT2D eigenvalue weighted by molar-refractivity contribution is 9.10. The maximum absolute atomic E-state index is 12.9. The van der Waals surface area contributed by atoms with Gasteiger partial charge in [-0.15, -0.1) is 0 Å². The second-order valence-electron chi connectivity index (χ2n) is 5.55. The van der Waals surface area contributed by atoms with E-state index in [-0.39, 0.29) is 5.91 Å². The van der Waals surface area contributed by atoms with E-state index in [9.17, 15) is 9.59 Å². The zero-order valence-corrected chi connectivity index (χ0v) is 16.7. The molecule has 5 nitrogen and oxygen atoms in total. The molecule has 0 aliphatic rings. The molecular formula is C20H22BrNO4. The third kappa shape index (κ3) is 4.64. The number of hydrogen-bond acceptors (Lipinski definition) is 4. The SMILES string of the molecule is CCN(CC)C(=O)[C@H](OC(=O)c1cc(OC)ccc1Br)c1ccccc1. The Labute approximate surface area is 162 Å². The molecule has 0 N–H and O–H groups in total. The van der Waals surface area contributed by atoms with Gasteiger partial charge in [-0.2, -0.15) is 0 Å². The Morgan fingerprint density at radius 3 is 2.31 bits per heavy atom. The fraction of sp³-hybridized carbons (Fsp3) is 0.300. The first-order chi connectivity index (χ1) is 12.5. The van der Waals surface area contributed by atoms with Crippen LogP contribution in [0.4, 0.5) is 0 Å². The smallest absolute Gasteiger partial charge is 0.340 e. The maximum Gasteiger partial charge on any atom is 0.340 e. The quantitative estimate of drug-likeness (QED) is 0.630. The predicted octanol–water partition coefficient (Wildman–Crippen LogP) is 4.22. The zero-order valence-electron chi connectivity index (χ0n) is 15.1. The highest BCUT2D eigenvalue weighted by Gasteiger charge is 2.29. The van der Waals surface area contributed by atoms with Gasteiger partial charge < -0.3 is 14.4 Å². The van der Waals surface area contributed by atoms with Gasteiger partial charge in [0.05, 0.1) is 12.7 Å². The van der Waals surface area contributed by atoms with Crippen molar-refractivity contribution in [3.8, 4) is 5.75 Å². The monoisotopic (exact) mass is 419 g/mol. The molecule has 0 spiro atoms. The molecule has 26 heavy (non-hydrogen) atoms. The largest absolute Gasteiger partial charge is 0.497 e. The summed E-state index contributed by atoms with van der Waals surface area (Å²) in [5.41, 5.74) is 0.939. The molecule has 0 bridgehead atoms. The average molecular weight is 420 g/mol. The number of benzene rings is 2. The normalized spacial score (nSPS) is 11.5. The summed E-state index contributed by atoms with van der Waals surface area (Å²) < 4.78 is 11.4. The maximum atomic E-state index is 12.9. The number of carbonyl (C=O) groups excluding carboxylic acids is 2. The first-order valence-electron chi connectivity index (χ1n) is 8.40.